The van der Waals surface area contributed by atoms with Crippen molar-refractivity contribution in [2.45, 2.75) is 19.8 Å². The standard InChI is InChI=1S/C16H23N3O2/c1-11-6-7-12(16(21)19(2)3)9-14(11)18-15(20)13-5-4-8-17-10-13/h6-7,9,13,17H,4-5,8,10H2,1-3H3,(H,18,20)/t13-/m0/s1. The maximum Gasteiger partial charge on any atom is 0.253 e. The van der Waals surface area contributed by atoms with Crippen LogP contribution in [0.1, 0.15) is 28.8 Å². The van der Waals surface area contributed by atoms with E-state index >= 15 is 0 Å². The number of amides is 2. The summed E-state index contributed by atoms with van der Waals surface area (Å²) in [5.74, 6) is -0.0315. The average Bonchev–Trinajstić information content (AvgIpc) is 2.49. The van der Waals surface area contributed by atoms with Crippen molar-refractivity contribution in [3.63, 3.8) is 0 Å². The highest BCUT2D eigenvalue weighted by Crippen LogP contribution is 2.20. The summed E-state index contributed by atoms with van der Waals surface area (Å²) in [6.07, 6.45) is 1.93. The fourth-order valence-electron chi connectivity index (χ4n) is 2.46. The number of carbonyl (C=O) groups excluding carboxylic acids is 2. The van der Waals surface area contributed by atoms with E-state index < -0.39 is 0 Å². The number of aryl methyl sites for hydroxylation is 1. The molecular formula is C16H23N3O2. The predicted octanol–water partition coefficient (Wildman–Crippen LogP) is 1.63. The monoisotopic (exact) mass is 289 g/mol. The quantitative estimate of drug-likeness (QED) is 0.889. The molecule has 5 heteroatoms. The lowest BCUT2D eigenvalue weighted by atomic mass is 9.98. The van der Waals surface area contributed by atoms with Crippen LogP contribution in [0.4, 0.5) is 5.69 Å². The molecule has 0 saturated carbocycles. The molecular weight excluding hydrogens is 266 g/mol. The third-order valence-electron chi connectivity index (χ3n) is 3.82. The summed E-state index contributed by atoms with van der Waals surface area (Å²) < 4.78 is 0. The number of nitrogens with one attached hydrogen (secondary N) is 2. The number of carbonyl (C=O) groups is 2. The largest absolute Gasteiger partial charge is 0.345 e. The third kappa shape index (κ3) is 3.82. The van der Waals surface area contributed by atoms with Gasteiger partial charge in [0.2, 0.25) is 5.91 Å². The first kappa shape index (κ1) is 15.5. The van der Waals surface area contributed by atoms with Crippen LogP contribution in [0.25, 0.3) is 0 Å². The van der Waals surface area contributed by atoms with Crippen LogP contribution in [0.2, 0.25) is 0 Å². The number of nitrogens with zero attached hydrogens (tertiary/aromatic N) is 1. The summed E-state index contributed by atoms with van der Waals surface area (Å²) >= 11 is 0. The molecule has 21 heavy (non-hydrogen) atoms. The lowest BCUT2D eigenvalue weighted by molar-refractivity contribution is -0.120. The number of piperidine rings is 1. The molecule has 2 N–H and O–H groups in total. The molecule has 0 aromatic heterocycles. The van der Waals surface area contributed by atoms with Crippen LogP contribution in [0.3, 0.4) is 0 Å². The van der Waals surface area contributed by atoms with Crippen molar-refractivity contribution in [3.8, 4) is 0 Å². The summed E-state index contributed by atoms with van der Waals surface area (Å²) in [4.78, 5) is 25.8. The molecule has 0 radical (unpaired) electrons. The van der Waals surface area contributed by atoms with Gasteiger partial charge in [-0.15, -0.1) is 0 Å². The van der Waals surface area contributed by atoms with E-state index in [0.29, 0.717) is 5.56 Å². The van der Waals surface area contributed by atoms with E-state index in [9.17, 15) is 9.59 Å². The first-order chi connectivity index (χ1) is 9.99. The third-order valence-corrected chi connectivity index (χ3v) is 3.82. The van der Waals surface area contributed by atoms with Crippen LogP contribution >= 0.6 is 0 Å². The van der Waals surface area contributed by atoms with Crippen LogP contribution in [0.15, 0.2) is 18.2 Å². The molecule has 5 nitrogen and oxygen atoms in total. The first-order valence-corrected chi connectivity index (χ1v) is 7.33. The predicted molar refractivity (Wildman–Crippen MR) is 83.4 cm³/mol. The molecule has 1 aliphatic heterocycles. The molecule has 1 aliphatic rings. The Morgan fingerprint density at radius 3 is 2.71 bits per heavy atom. The van der Waals surface area contributed by atoms with Crippen molar-refractivity contribution in [1.82, 2.24) is 10.2 Å². The van der Waals surface area contributed by atoms with Crippen LogP contribution in [-0.2, 0) is 4.79 Å². The average molecular weight is 289 g/mol. The molecule has 1 fully saturated rings. The van der Waals surface area contributed by atoms with Crippen LogP contribution in [0, 0.1) is 12.8 Å². The lowest BCUT2D eigenvalue weighted by Gasteiger charge is -2.22. The van der Waals surface area contributed by atoms with Crippen molar-refractivity contribution in [1.29, 1.82) is 0 Å². The lowest BCUT2D eigenvalue weighted by Crippen LogP contribution is -2.37. The Morgan fingerprint density at radius 2 is 2.10 bits per heavy atom. The van der Waals surface area contributed by atoms with E-state index in [0.717, 1.165) is 37.2 Å². The van der Waals surface area contributed by atoms with Crippen LogP contribution in [0.5, 0.6) is 0 Å². The van der Waals surface area contributed by atoms with E-state index in [2.05, 4.69) is 10.6 Å². The summed E-state index contributed by atoms with van der Waals surface area (Å²) in [5, 5.41) is 6.20. The van der Waals surface area contributed by atoms with Gasteiger partial charge >= 0.3 is 0 Å². The van der Waals surface area contributed by atoms with Gasteiger partial charge in [-0.3, -0.25) is 9.59 Å². The van der Waals surface area contributed by atoms with E-state index in [1.165, 1.54) is 4.90 Å². The fraction of sp³-hybridized carbons (Fsp3) is 0.500. The van der Waals surface area contributed by atoms with Gasteiger partial charge in [-0.25, -0.2) is 0 Å². The van der Waals surface area contributed by atoms with E-state index in [-0.39, 0.29) is 17.7 Å². The molecule has 1 atom stereocenters. The maximum absolute atomic E-state index is 12.3. The second-order valence-corrected chi connectivity index (χ2v) is 5.76. The molecule has 0 bridgehead atoms. The highest BCUT2D eigenvalue weighted by atomic mass is 16.2. The minimum Gasteiger partial charge on any atom is -0.345 e. The smallest absolute Gasteiger partial charge is 0.253 e. The zero-order valence-corrected chi connectivity index (χ0v) is 12.9. The van der Waals surface area contributed by atoms with Gasteiger partial charge in [0, 0.05) is 31.9 Å². The van der Waals surface area contributed by atoms with Crippen molar-refractivity contribution >= 4 is 17.5 Å². The second-order valence-electron chi connectivity index (χ2n) is 5.76. The number of benzene rings is 1. The van der Waals surface area contributed by atoms with Gasteiger partial charge < -0.3 is 15.5 Å². The first-order valence-electron chi connectivity index (χ1n) is 7.33. The van der Waals surface area contributed by atoms with Crippen molar-refractivity contribution in [2.24, 2.45) is 5.92 Å². The molecule has 0 spiro atoms. The van der Waals surface area contributed by atoms with Gasteiger partial charge in [0.05, 0.1) is 5.92 Å². The summed E-state index contributed by atoms with van der Waals surface area (Å²) in [5.41, 5.74) is 2.27. The Bertz CT molecular complexity index is 534. The minimum absolute atomic E-state index is 0.00589. The molecule has 2 rings (SSSR count). The van der Waals surface area contributed by atoms with Crippen LogP contribution in [-0.4, -0.2) is 43.9 Å². The number of hydrogen-bond acceptors (Lipinski definition) is 3. The Balaban J connectivity index is 2.13. The Morgan fingerprint density at radius 1 is 1.33 bits per heavy atom. The molecule has 1 heterocycles. The summed E-state index contributed by atoms with van der Waals surface area (Å²) in [6.45, 7) is 3.63. The fourth-order valence-corrected chi connectivity index (χ4v) is 2.46. The highest BCUT2D eigenvalue weighted by molar-refractivity contribution is 5.98. The molecule has 114 valence electrons. The normalized spacial score (nSPS) is 18.1. The summed E-state index contributed by atoms with van der Waals surface area (Å²) in [6, 6.07) is 5.41. The van der Waals surface area contributed by atoms with E-state index in [4.69, 9.17) is 0 Å². The number of hydrogen-bond donors (Lipinski definition) is 2. The highest BCUT2D eigenvalue weighted by Gasteiger charge is 2.21. The SMILES string of the molecule is Cc1ccc(C(=O)N(C)C)cc1NC(=O)[C@H]1CCCNC1. The number of anilines is 1. The van der Waals surface area contributed by atoms with E-state index in [1.807, 2.05) is 13.0 Å². The van der Waals surface area contributed by atoms with Crippen LogP contribution < -0.4 is 10.6 Å². The van der Waals surface area contributed by atoms with E-state index in [1.54, 1.807) is 26.2 Å². The molecule has 1 aromatic rings. The van der Waals surface area contributed by atoms with Crippen molar-refractivity contribution < 1.29 is 9.59 Å². The molecule has 1 saturated heterocycles. The molecule has 0 aliphatic carbocycles. The zero-order chi connectivity index (χ0) is 15.4. The van der Waals surface area contributed by atoms with Gasteiger partial charge in [0.1, 0.15) is 0 Å². The van der Waals surface area contributed by atoms with Gasteiger partial charge in [-0.2, -0.15) is 0 Å². The van der Waals surface area contributed by atoms with Gasteiger partial charge in [-0.1, -0.05) is 6.07 Å². The molecule has 1 aromatic carbocycles. The Labute approximate surface area is 125 Å². The summed E-state index contributed by atoms with van der Waals surface area (Å²) in [7, 11) is 3.43. The Hall–Kier alpha value is -1.88. The van der Waals surface area contributed by atoms with Gasteiger partial charge in [0.25, 0.3) is 5.91 Å². The zero-order valence-electron chi connectivity index (χ0n) is 12.9. The molecule has 2 amide bonds. The minimum atomic E-state index is -0.0650. The Kier molecular flexibility index (Phi) is 4.96. The van der Waals surface area contributed by atoms with Gasteiger partial charge in [-0.05, 0) is 44.0 Å². The van der Waals surface area contributed by atoms with Crippen molar-refractivity contribution in [2.75, 3.05) is 32.5 Å². The molecule has 0 unspecified atom stereocenters. The topological polar surface area (TPSA) is 61.4 Å². The maximum atomic E-state index is 12.3. The second kappa shape index (κ2) is 6.72. The van der Waals surface area contributed by atoms with Gasteiger partial charge in [0.15, 0.2) is 0 Å². The van der Waals surface area contributed by atoms with Crippen molar-refractivity contribution in [3.05, 3.63) is 29.3 Å². The number of rotatable bonds is 3.